The van der Waals surface area contributed by atoms with E-state index < -0.39 is 0 Å². The van der Waals surface area contributed by atoms with Gasteiger partial charge in [-0.3, -0.25) is 0 Å². The van der Waals surface area contributed by atoms with Crippen molar-refractivity contribution in [2.75, 3.05) is 6.54 Å². The zero-order valence-electron chi connectivity index (χ0n) is 11.3. The molecule has 1 heterocycles. The number of rotatable bonds is 5. The molecule has 3 rings (SSSR count). The SMILES string of the molecule is CCCNC(c1csc2c(Br)cccc12)C1CCC1. The molecule has 0 bridgehead atoms. The zero-order valence-corrected chi connectivity index (χ0v) is 13.7. The van der Waals surface area contributed by atoms with Gasteiger partial charge in [-0.1, -0.05) is 25.5 Å². The molecule has 1 saturated carbocycles. The lowest BCUT2D eigenvalue weighted by Crippen LogP contribution is -2.32. The second-order valence-electron chi connectivity index (χ2n) is 5.43. The molecule has 1 atom stereocenters. The minimum atomic E-state index is 0.553. The van der Waals surface area contributed by atoms with Gasteiger partial charge in [0, 0.05) is 15.2 Å². The van der Waals surface area contributed by atoms with E-state index in [1.54, 1.807) is 0 Å². The molecule has 0 aliphatic heterocycles. The van der Waals surface area contributed by atoms with Crippen LogP contribution in [0.15, 0.2) is 28.1 Å². The molecule has 1 unspecified atom stereocenters. The second kappa shape index (κ2) is 5.94. The summed E-state index contributed by atoms with van der Waals surface area (Å²) >= 11 is 5.54. The van der Waals surface area contributed by atoms with Crippen LogP contribution in [0.1, 0.15) is 44.2 Å². The Kier molecular flexibility index (Phi) is 4.25. The van der Waals surface area contributed by atoms with Crippen molar-refractivity contribution in [1.82, 2.24) is 5.32 Å². The quantitative estimate of drug-likeness (QED) is 0.758. The Morgan fingerprint density at radius 3 is 2.95 bits per heavy atom. The zero-order chi connectivity index (χ0) is 13.2. The summed E-state index contributed by atoms with van der Waals surface area (Å²) < 4.78 is 2.62. The lowest BCUT2D eigenvalue weighted by Gasteiger charge is -2.34. The standard InChI is InChI=1S/C16H20BrNS/c1-2-9-18-15(11-5-3-6-11)13-10-19-16-12(13)7-4-8-14(16)17/h4,7-8,10-11,15,18H,2-3,5-6,9H2,1H3. The molecule has 1 aliphatic rings. The number of nitrogens with one attached hydrogen (secondary N) is 1. The molecule has 0 saturated heterocycles. The first-order valence-electron chi connectivity index (χ1n) is 7.20. The molecule has 102 valence electrons. The van der Waals surface area contributed by atoms with Crippen LogP contribution in [-0.4, -0.2) is 6.54 Å². The Hall–Kier alpha value is -0.380. The van der Waals surface area contributed by atoms with Crippen molar-refractivity contribution in [3.05, 3.63) is 33.6 Å². The average molecular weight is 338 g/mol. The number of thiophene rings is 1. The van der Waals surface area contributed by atoms with Crippen molar-refractivity contribution >= 4 is 37.4 Å². The molecule has 1 nitrogen and oxygen atoms in total. The molecule has 1 aromatic carbocycles. The van der Waals surface area contributed by atoms with Gasteiger partial charge < -0.3 is 5.32 Å². The highest BCUT2D eigenvalue weighted by molar-refractivity contribution is 9.10. The number of fused-ring (bicyclic) bond motifs is 1. The number of hydrogen-bond acceptors (Lipinski definition) is 2. The summed E-state index contributed by atoms with van der Waals surface area (Å²) in [6.07, 6.45) is 5.37. The Morgan fingerprint density at radius 2 is 2.26 bits per heavy atom. The summed E-state index contributed by atoms with van der Waals surface area (Å²) in [5.74, 6) is 0.836. The minimum Gasteiger partial charge on any atom is -0.310 e. The van der Waals surface area contributed by atoms with Crippen LogP contribution in [-0.2, 0) is 0 Å². The van der Waals surface area contributed by atoms with Gasteiger partial charge in [-0.15, -0.1) is 11.3 Å². The van der Waals surface area contributed by atoms with Crippen molar-refractivity contribution in [2.45, 2.75) is 38.6 Å². The largest absolute Gasteiger partial charge is 0.310 e. The Morgan fingerprint density at radius 1 is 1.42 bits per heavy atom. The first kappa shape index (κ1) is 13.6. The normalized spacial score (nSPS) is 17.6. The van der Waals surface area contributed by atoms with Crippen molar-refractivity contribution in [1.29, 1.82) is 0 Å². The van der Waals surface area contributed by atoms with Crippen LogP contribution in [0, 0.1) is 5.92 Å². The van der Waals surface area contributed by atoms with Crippen molar-refractivity contribution in [3.63, 3.8) is 0 Å². The van der Waals surface area contributed by atoms with E-state index in [4.69, 9.17) is 0 Å². The molecular formula is C16H20BrNS. The van der Waals surface area contributed by atoms with E-state index in [9.17, 15) is 0 Å². The Balaban J connectivity index is 1.97. The highest BCUT2D eigenvalue weighted by Gasteiger charge is 2.29. The minimum absolute atomic E-state index is 0.553. The molecule has 1 fully saturated rings. The van der Waals surface area contributed by atoms with Gasteiger partial charge in [-0.2, -0.15) is 0 Å². The summed E-state index contributed by atoms with van der Waals surface area (Å²) in [5.41, 5.74) is 1.51. The first-order chi connectivity index (χ1) is 9.31. The average Bonchev–Trinajstić information content (AvgIpc) is 2.77. The Labute approximate surface area is 127 Å². The second-order valence-corrected chi connectivity index (χ2v) is 7.16. The third-order valence-electron chi connectivity index (χ3n) is 4.15. The van der Waals surface area contributed by atoms with Crippen LogP contribution in [0.25, 0.3) is 10.1 Å². The fourth-order valence-corrected chi connectivity index (χ4v) is 4.54. The van der Waals surface area contributed by atoms with Crippen molar-refractivity contribution in [2.24, 2.45) is 5.92 Å². The maximum atomic E-state index is 3.78. The maximum Gasteiger partial charge on any atom is 0.0488 e. The fraction of sp³-hybridized carbons (Fsp3) is 0.500. The highest BCUT2D eigenvalue weighted by atomic mass is 79.9. The van der Waals surface area contributed by atoms with Gasteiger partial charge in [-0.25, -0.2) is 0 Å². The van der Waals surface area contributed by atoms with Crippen LogP contribution in [0.5, 0.6) is 0 Å². The van der Waals surface area contributed by atoms with Gasteiger partial charge in [0.2, 0.25) is 0 Å². The lowest BCUT2D eigenvalue weighted by molar-refractivity contribution is 0.232. The summed E-state index contributed by atoms with van der Waals surface area (Å²) in [5, 5.41) is 7.57. The monoisotopic (exact) mass is 337 g/mol. The predicted molar refractivity (Wildman–Crippen MR) is 87.9 cm³/mol. The molecule has 1 aromatic heterocycles. The molecule has 0 spiro atoms. The highest BCUT2D eigenvalue weighted by Crippen LogP contribution is 2.43. The van der Waals surface area contributed by atoms with E-state index in [0.29, 0.717) is 6.04 Å². The maximum absolute atomic E-state index is 3.78. The topological polar surface area (TPSA) is 12.0 Å². The third kappa shape index (κ3) is 2.61. The third-order valence-corrected chi connectivity index (χ3v) is 6.12. The first-order valence-corrected chi connectivity index (χ1v) is 8.87. The molecule has 19 heavy (non-hydrogen) atoms. The molecule has 0 radical (unpaired) electrons. The molecule has 2 aromatic rings. The summed E-state index contributed by atoms with van der Waals surface area (Å²) in [4.78, 5) is 0. The molecule has 1 N–H and O–H groups in total. The van der Waals surface area contributed by atoms with Crippen LogP contribution < -0.4 is 5.32 Å². The molecule has 1 aliphatic carbocycles. The number of benzene rings is 1. The van der Waals surface area contributed by atoms with E-state index in [2.05, 4.69) is 51.7 Å². The van der Waals surface area contributed by atoms with Gasteiger partial charge in [0.15, 0.2) is 0 Å². The lowest BCUT2D eigenvalue weighted by atomic mass is 9.77. The molecule has 3 heteroatoms. The van der Waals surface area contributed by atoms with Gasteiger partial charge in [0.25, 0.3) is 0 Å². The van der Waals surface area contributed by atoms with Crippen molar-refractivity contribution in [3.8, 4) is 0 Å². The smallest absolute Gasteiger partial charge is 0.0488 e. The van der Waals surface area contributed by atoms with Crippen molar-refractivity contribution < 1.29 is 0 Å². The van der Waals surface area contributed by atoms with Gasteiger partial charge in [-0.05, 0) is 70.1 Å². The van der Waals surface area contributed by atoms with Crippen LogP contribution in [0.3, 0.4) is 0 Å². The van der Waals surface area contributed by atoms with E-state index in [-0.39, 0.29) is 0 Å². The van der Waals surface area contributed by atoms with E-state index in [1.165, 1.54) is 45.8 Å². The van der Waals surface area contributed by atoms with Gasteiger partial charge >= 0.3 is 0 Å². The number of halogens is 1. The van der Waals surface area contributed by atoms with E-state index in [0.717, 1.165) is 12.5 Å². The molecule has 0 amide bonds. The summed E-state index contributed by atoms with van der Waals surface area (Å²) in [6.45, 7) is 3.36. The Bertz CT molecular complexity index is 559. The van der Waals surface area contributed by atoms with E-state index in [1.807, 2.05) is 11.3 Å². The fourth-order valence-electron chi connectivity index (χ4n) is 2.89. The van der Waals surface area contributed by atoms with Gasteiger partial charge in [0.05, 0.1) is 0 Å². The number of hydrogen-bond donors (Lipinski definition) is 1. The summed E-state index contributed by atoms with van der Waals surface area (Å²) in [6, 6.07) is 7.11. The van der Waals surface area contributed by atoms with Crippen LogP contribution in [0.2, 0.25) is 0 Å². The molecular weight excluding hydrogens is 318 g/mol. The summed E-state index contributed by atoms with van der Waals surface area (Å²) in [7, 11) is 0. The van der Waals surface area contributed by atoms with Gasteiger partial charge in [0.1, 0.15) is 0 Å². The van der Waals surface area contributed by atoms with E-state index >= 15 is 0 Å². The predicted octanol–water partition coefficient (Wildman–Crippen LogP) is 5.50. The van der Waals surface area contributed by atoms with Crippen LogP contribution >= 0.6 is 27.3 Å². The van der Waals surface area contributed by atoms with Crippen LogP contribution in [0.4, 0.5) is 0 Å².